The van der Waals surface area contributed by atoms with Gasteiger partial charge in [-0.1, -0.05) is 0 Å². The van der Waals surface area contributed by atoms with Crippen LogP contribution in [0.2, 0.25) is 0 Å². The average molecular weight is 194 g/mol. The Hall–Kier alpha value is -1.36. The van der Waals surface area contributed by atoms with Crippen LogP contribution in [0.1, 0.15) is 17.8 Å². The van der Waals surface area contributed by atoms with Crippen molar-refractivity contribution in [2.45, 2.75) is 25.9 Å². The third kappa shape index (κ3) is 1.77. The molecule has 0 saturated heterocycles. The third-order valence-electron chi connectivity index (χ3n) is 2.46. The minimum absolute atomic E-state index is 0.263. The van der Waals surface area contributed by atoms with Crippen LogP contribution in [0, 0.1) is 0 Å². The molecule has 2 heterocycles. The highest BCUT2D eigenvalue weighted by Crippen LogP contribution is 2.12. The van der Waals surface area contributed by atoms with Gasteiger partial charge in [0, 0.05) is 38.2 Å². The number of primary amides is 1. The normalized spacial score (nSPS) is 15.1. The van der Waals surface area contributed by atoms with E-state index < -0.39 is 0 Å². The lowest BCUT2D eigenvalue weighted by molar-refractivity contribution is -0.118. The number of nitrogens with zero attached hydrogens (tertiary/aromatic N) is 2. The number of fused-ring (bicyclic) bond motifs is 1. The van der Waals surface area contributed by atoms with Crippen LogP contribution in [-0.2, 0) is 24.3 Å². The third-order valence-corrected chi connectivity index (χ3v) is 2.46. The van der Waals surface area contributed by atoms with Gasteiger partial charge in [0.25, 0.3) is 0 Å². The van der Waals surface area contributed by atoms with Crippen LogP contribution in [-0.4, -0.2) is 22.0 Å². The van der Waals surface area contributed by atoms with Gasteiger partial charge in [-0.05, 0) is 0 Å². The molecule has 1 amide bonds. The van der Waals surface area contributed by atoms with E-state index in [0.717, 1.165) is 25.2 Å². The molecule has 1 aliphatic rings. The fraction of sp³-hybridized carbons (Fsp3) is 0.556. The Bertz CT molecular complexity index is 345. The van der Waals surface area contributed by atoms with E-state index in [4.69, 9.17) is 5.73 Å². The number of aryl methyl sites for hydroxylation is 1. The number of carbonyl (C=O) groups excluding carboxylic acids is 1. The first kappa shape index (κ1) is 9.21. The van der Waals surface area contributed by atoms with E-state index in [1.807, 2.05) is 4.57 Å². The summed E-state index contributed by atoms with van der Waals surface area (Å²) in [4.78, 5) is 14.9. The molecule has 0 unspecified atom stereocenters. The van der Waals surface area contributed by atoms with E-state index in [9.17, 15) is 4.79 Å². The first-order valence-electron chi connectivity index (χ1n) is 4.79. The summed E-state index contributed by atoms with van der Waals surface area (Å²) >= 11 is 0. The lowest BCUT2D eigenvalue weighted by Crippen LogP contribution is -2.25. The molecular weight excluding hydrogens is 180 g/mol. The van der Waals surface area contributed by atoms with Crippen molar-refractivity contribution < 1.29 is 4.79 Å². The van der Waals surface area contributed by atoms with Gasteiger partial charge in [0.15, 0.2) is 0 Å². The molecule has 2 rings (SSSR count). The smallest absolute Gasteiger partial charge is 0.219 e. The molecule has 1 aromatic heterocycles. The summed E-state index contributed by atoms with van der Waals surface area (Å²) in [5.74, 6) is -0.263. The van der Waals surface area contributed by atoms with Crippen LogP contribution < -0.4 is 11.1 Å². The summed E-state index contributed by atoms with van der Waals surface area (Å²) < 4.78 is 2.03. The molecule has 0 fully saturated rings. The van der Waals surface area contributed by atoms with E-state index in [-0.39, 0.29) is 5.91 Å². The molecule has 3 N–H and O–H groups in total. The Morgan fingerprint density at radius 1 is 1.71 bits per heavy atom. The molecule has 0 atom stereocenters. The molecule has 1 aliphatic heterocycles. The lowest BCUT2D eigenvalue weighted by Gasteiger charge is -2.14. The van der Waals surface area contributed by atoms with Gasteiger partial charge in [-0.3, -0.25) is 4.79 Å². The summed E-state index contributed by atoms with van der Waals surface area (Å²) in [6.07, 6.45) is 3.16. The molecule has 0 radical (unpaired) electrons. The zero-order valence-electron chi connectivity index (χ0n) is 7.99. The maximum absolute atomic E-state index is 10.6. The van der Waals surface area contributed by atoms with Crippen LogP contribution in [0.4, 0.5) is 0 Å². The second-order valence-electron chi connectivity index (χ2n) is 3.47. The Labute approximate surface area is 82.3 Å². The van der Waals surface area contributed by atoms with Gasteiger partial charge in [0.1, 0.15) is 0 Å². The van der Waals surface area contributed by atoms with Gasteiger partial charge >= 0.3 is 0 Å². The van der Waals surface area contributed by atoms with Crippen LogP contribution >= 0.6 is 0 Å². The van der Waals surface area contributed by atoms with Crippen molar-refractivity contribution >= 4 is 5.91 Å². The minimum atomic E-state index is -0.263. The number of hydrogen-bond donors (Lipinski definition) is 2. The van der Waals surface area contributed by atoms with E-state index in [0.29, 0.717) is 13.0 Å². The summed E-state index contributed by atoms with van der Waals surface area (Å²) in [5.41, 5.74) is 7.44. The number of amides is 1. The number of nitrogens with one attached hydrogen (secondary N) is 1. The predicted molar refractivity (Wildman–Crippen MR) is 51.4 cm³/mol. The number of rotatable bonds is 3. The first-order valence-corrected chi connectivity index (χ1v) is 4.79. The maximum Gasteiger partial charge on any atom is 0.219 e. The van der Waals surface area contributed by atoms with Gasteiger partial charge in [-0.2, -0.15) is 0 Å². The highest BCUT2D eigenvalue weighted by Gasteiger charge is 2.14. The van der Waals surface area contributed by atoms with E-state index >= 15 is 0 Å². The largest absolute Gasteiger partial charge is 0.370 e. The van der Waals surface area contributed by atoms with Crippen LogP contribution in [0.25, 0.3) is 0 Å². The summed E-state index contributed by atoms with van der Waals surface area (Å²) in [6, 6.07) is 0. The van der Waals surface area contributed by atoms with Crippen LogP contribution in [0.15, 0.2) is 6.33 Å². The fourth-order valence-corrected chi connectivity index (χ4v) is 1.72. The molecule has 14 heavy (non-hydrogen) atoms. The highest BCUT2D eigenvalue weighted by atomic mass is 16.1. The van der Waals surface area contributed by atoms with Crippen molar-refractivity contribution in [3.63, 3.8) is 0 Å². The van der Waals surface area contributed by atoms with E-state index in [1.54, 1.807) is 6.33 Å². The number of nitrogens with two attached hydrogens (primary N) is 1. The second-order valence-corrected chi connectivity index (χ2v) is 3.47. The maximum atomic E-state index is 10.6. The lowest BCUT2D eigenvalue weighted by atomic mass is 10.2. The molecule has 0 aromatic carbocycles. The zero-order valence-corrected chi connectivity index (χ0v) is 7.99. The standard InChI is InChI=1S/C9H14N4O/c10-9(14)2-4-13-6-12-7-5-11-3-1-8(7)13/h6,11H,1-5H2,(H2,10,14). The molecule has 5 nitrogen and oxygen atoms in total. The minimum Gasteiger partial charge on any atom is -0.370 e. The zero-order chi connectivity index (χ0) is 9.97. The van der Waals surface area contributed by atoms with Crippen LogP contribution in [0.3, 0.4) is 0 Å². The van der Waals surface area contributed by atoms with Gasteiger partial charge < -0.3 is 15.6 Å². The molecule has 76 valence electrons. The van der Waals surface area contributed by atoms with Crippen molar-refractivity contribution in [3.8, 4) is 0 Å². The van der Waals surface area contributed by atoms with Crippen molar-refractivity contribution in [1.29, 1.82) is 0 Å². The SMILES string of the molecule is NC(=O)CCn1cnc2c1CCNC2. The Morgan fingerprint density at radius 2 is 2.57 bits per heavy atom. The average Bonchev–Trinajstić information content (AvgIpc) is 2.58. The molecule has 5 heteroatoms. The van der Waals surface area contributed by atoms with Gasteiger partial charge in [-0.25, -0.2) is 4.98 Å². The summed E-state index contributed by atoms with van der Waals surface area (Å²) in [5, 5.41) is 3.25. The van der Waals surface area contributed by atoms with Crippen molar-refractivity contribution in [2.24, 2.45) is 5.73 Å². The number of imidazole rings is 1. The van der Waals surface area contributed by atoms with Crippen molar-refractivity contribution in [3.05, 3.63) is 17.7 Å². The van der Waals surface area contributed by atoms with Gasteiger partial charge in [0.2, 0.25) is 5.91 Å². The Kier molecular flexibility index (Phi) is 2.49. The quantitative estimate of drug-likeness (QED) is 0.675. The summed E-state index contributed by atoms with van der Waals surface area (Å²) in [6.45, 7) is 2.46. The predicted octanol–water partition coefficient (Wildman–Crippen LogP) is -0.596. The van der Waals surface area contributed by atoms with Gasteiger partial charge in [0.05, 0.1) is 12.0 Å². The fourth-order valence-electron chi connectivity index (χ4n) is 1.72. The van der Waals surface area contributed by atoms with E-state index in [2.05, 4.69) is 10.3 Å². The summed E-state index contributed by atoms with van der Waals surface area (Å²) in [7, 11) is 0. The number of hydrogen-bond acceptors (Lipinski definition) is 3. The molecule has 1 aromatic rings. The monoisotopic (exact) mass is 194 g/mol. The highest BCUT2D eigenvalue weighted by molar-refractivity contribution is 5.73. The Balaban J connectivity index is 2.10. The molecule has 0 saturated carbocycles. The van der Waals surface area contributed by atoms with Crippen molar-refractivity contribution in [1.82, 2.24) is 14.9 Å². The topological polar surface area (TPSA) is 72.9 Å². The van der Waals surface area contributed by atoms with Crippen LogP contribution in [0.5, 0.6) is 0 Å². The van der Waals surface area contributed by atoms with Crippen molar-refractivity contribution in [2.75, 3.05) is 6.54 Å². The molecule has 0 bridgehead atoms. The molecular formula is C9H14N4O. The Morgan fingerprint density at radius 3 is 3.36 bits per heavy atom. The molecule has 0 aliphatic carbocycles. The number of carbonyl (C=O) groups is 1. The van der Waals surface area contributed by atoms with Gasteiger partial charge in [-0.15, -0.1) is 0 Å². The molecule has 0 spiro atoms. The first-order chi connectivity index (χ1) is 6.77. The van der Waals surface area contributed by atoms with E-state index in [1.165, 1.54) is 5.69 Å². The second kappa shape index (κ2) is 3.79. The number of aromatic nitrogens is 2.